The molecule has 2 atom stereocenters. The Labute approximate surface area is 112 Å². The first-order chi connectivity index (χ1) is 7.95. The van der Waals surface area contributed by atoms with Gasteiger partial charge in [0.1, 0.15) is 5.82 Å². The fourth-order valence-corrected chi connectivity index (χ4v) is 2.36. The van der Waals surface area contributed by atoms with E-state index in [0.29, 0.717) is 17.9 Å². The van der Waals surface area contributed by atoms with E-state index in [9.17, 15) is 4.39 Å². The molecular weight excluding hydrogens is 281 g/mol. The highest BCUT2D eigenvalue weighted by molar-refractivity contribution is 9.10. The van der Waals surface area contributed by atoms with Crippen LogP contribution < -0.4 is 5.32 Å². The summed E-state index contributed by atoms with van der Waals surface area (Å²) in [6.07, 6.45) is 0.841. The molecule has 1 nitrogen and oxygen atoms in total. The second kappa shape index (κ2) is 6.50. The van der Waals surface area contributed by atoms with Gasteiger partial charge in [-0.25, -0.2) is 4.39 Å². The van der Waals surface area contributed by atoms with Gasteiger partial charge in [-0.15, -0.1) is 0 Å². The second-order valence-electron chi connectivity index (χ2n) is 4.94. The van der Waals surface area contributed by atoms with Crippen molar-refractivity contribution in [1.29, 1.82) is 0 Å². The molecular formula is C14H21BrFN. The first-order valence-electron chi connectivity index (χ1n) is 6.07. The van der Waals surface area contributed by atoms with Crippen LogP contribution in [0.25, 0.3) is 0 Å². The van der Waals surface area contributed by atoms with E-state index in [4.69, 9.17) is 0 Å². The minimum absolute atomic E-state index is 0.171. The molecule has 3 heteroatoms. The monoisotopic (exact) mass is 301 g/mol. The molecule has 2 unspecified atom stereocenters. The van der Waals surface area contributed by atoms with Crippen LogP contribution in [0, 0.1) is 17.7 Å². The Morgan fingerprint density at radius 1 is 1.29 bits per heavy atom. The molecule has 0 fully saturated rings. The minimum atomic E-state index is -0.171. The predicted molar refractivity (Wildman–Crippen MR) is 74.7 cm³/mol. The number of benzene rings is 1. The third kappa shape index (κ3) is 4.07. The molecule has 0 aliphatic carbocycles. The predicted octanol–water partition coefficient (Wildman–Crippen LogP) is 4.01. The van der Waals surface area contributed by atoms with Crippen LogP contribution in [0.5, 0.6) is 0 Å². The number of nitrogens with one attached hydrogen (secondary N) is 1. The van der Waals surface area contributed by atoms with Crippen molar-refractivity contribution in [3.05, 3.63) is 34.1 Å². The van der Waals surface area contributed by atoms with Crippen molar-refractivity contribution < 1.29 is 4.39 Å². The molecule has 0 radical (unpaired) electrons. The van der Waals surface area contributed by atoms with Crippen LogP contribution in [0.2, 0.25) is 0 Å². The van der Waals surface area contributed by atoms with E-state index >= 15 is 0 Å². The molecule has 0 amide bonds. The molecule has 1 aromatic carbocycles. The summed E-state index contributed by atoms with van der Waals surface area (Å²) in [5.74, 6) is 0.991. The topological polar surface area (TPSA) is 12.0 Å². The van der Waals surface area contributed by atoms with Gasteiger partial charge >= 0.3 is 0 Å². The van der Waals surface area contributed by atoms with E-state index in [1.54, 1.807) is 12.1 Å². The highest BCUT2D eigenvalue weighted by Gasteiger charge is 2.19. The molecule has 0 heterocycles. The van der Waals surface area contributed by atoms with Crippen molar-refractivity contribution in [3.8, 4) is 0 Å². The molecule has 1 N–H and O–H groups in total. The molecule has 1 aromatic rings. The van der Waals surface area contributed by atoms with Gasteiger partial charge in [0.25, 0.3) is 0 Å². The zero-order valence-electron chi connectivity index (χ0n) is 10.9. The molecule has 96 valence electrons. The summed E-state index contributed by atoms with van der Waals surface area (Å²) >= 11 is 3.48. The van der Waals surface area contributed by atoms with E-state index < -0.39 is 0 Å². The Balaban J connectivity index is 2.83. The Morgan fingerprint density at radius 3 is 2.47 bits per heavy atom. The zero-order chi connectivity index (χ0) is 13.0. The van der Waals surface area contributed by atoms with Crippen molar-refractivity contribution in [1.82, 2.24) is 5.32 Å². The Morgan fingerprint density at radius 2 is 1.94 bits per heavy atom. The van der Waals surface area contributed by atoms with Crippen molar-refractivity contribution in [2.45, 2.75) is 33.2 Å². The summed E-state index contributed by atoms with van der Waals surface area (Å²) in [5.41, 5.74) is 1.02. The molecule has 0 aliphatic rings. The number of rotatable bonds is 5. The quantitative estimate of drug-likeness (QED) is 0.866. The smallest absolute Gasteiger partial charge is 0.123 e. The minimum Gasteiger partial charge on any atom is -0.316 e. The Kier molecular flexibility index (Phi) is 5.60. The molecule has 0 saturated heterocycles. The van der Waals surface area contributed by atoms with Gasteiger partial charge in [-0.1, -0.05) is 36.7 Å². The lowest BCUT2D eigenvalue weighted by Crippen LogP contribution is -2.36. The lowest BCUT2D eigenvalue weighted by atomic mass is 9.87. The van der Waals surface area contributed by atoms with Crippen LogP contribution in [-0.4, -0.2) is 13.1 Å². The highest BCUT2D eigenvalue weighted by atomic mass is 79.9. The van der Waals surface area contributed by atoms with Gasteiger partial charge in [0.15, 0.2) is 0 Å². The van der Waals surface area contributed by atoms with E-state index in [1.807, 2.05) is 7.05 Å². The van der Waals surface area contributed by atoms with E-state index in [-0.39, 0.29) is 5.82 Å². The zero-order valence-corrected chi connectivity index (χ0v) is 12.5. The number of halogens is 2. The van der Waals surface area contributed by atoms with Gasteiger partial charge in [0, 0.05) is 10.5 Å². The highest BCUT2D eigenvalue weighted by Crippen LogP contribution is 2.23. The lowest BCUT2D eigenvalue weighted by molar-refractivity contribution is 0.309. The van der Waals surface area contributed by atoms with Crippen molar-refractivity contribution in [2.75, 3.05) is 7.05 Å². The first-order valence-corrected chi connectivity index (χ1v) is 6.86. The standard InChI is InChI=1S/C14H21BrFN/c1-9(2)10(3)14(17-4)8-11-7-12(16)5-6-13(11)15/h5-7,9-10,14,17H,8H2,1-4H3. The van der Waals surface area contributed by atoms with Gasteiger partial charge in [0.05, 0.1) is 0 Å². The van der Waals surface area contributed by atoms with E-state index in [0.717, 1.165) is 16.5 Å². The van der Waals surface area contributed by atoms with Crippen LogP contribution in [0.15, 0.2) is 22.7 Å². The van der Waals surface area contributed by atoms with E-state index in [1.165, 1.54) is 6.07 Å². The van der Waals surface area contributed by atoms with Crippen LogP contribution in [0.3, 0.4) is 0 Å². The van der Waals surface area contributed by atoms with E-state index in [2.05, 4.69) is 42.0 Å². The maximum Gasteiger partial charge on any atom is 0.123 e. The summed E-state index contributed by atoms with van der Waals surface area (Å²) in [6.45, 7) is 6.67. The van der Waals surface area contributed by atoms with Gasteiger partial charge in [-0.05, 0) is 49.1 Å². The Bertz CT molecular complexity index is 365. The van der Waals surface area contributed by atoms with Crippen LogP contribution >= 0.6 is 15.9 Å². The van der Waals surface area contributed by atoms with Crippen LogP contribution in [0.4, 0.5) is 4.39 Å². The molecule has 0 aliphatic heterocycles. The molecule has 1 rings (SSSR count). The van der Waals surface area contributed by atoms with Gasteiger partial charge < -0.3 is 5.32 Å². The fourth-order valence-electron chi connectivity index (χ4n) is 1.95. The van der Waals surface area contributed by atoms with Crippen molar-refractivity contribution in [3.63, 3.8) is 0 Å². The summed E-state index contributed by atoms with van der Waals surface area (Å²) in [6, 6.07) is 5.24. The molecule has 0 saturated carbocycles. The van der Waals surface area contributed by atoms with Crippen LogP contribution in [0.1, 0.15) is 26.3 Å². The van der Waals surface area contributed by atoms with Crippen molar-refractivity contribution in [2.24, 2.45) is 11.8 Å². The molecule has 0 spiro atoms. The summed E-state index contributed by atoms with van der Waals surface area (Å²) in [7, 11) is 1.97. The fraction of sp³-hybridized carbons (Fsp3) is 0.571. The maximum absolute atomic E-state index is 13.2. The lowest BCUT2D eigenvalue weighted by Gasteiger charge is -2.27. The summed E-state index contributed by atoms with van der Waals surface area (Å²) in [5, 5.41) is 3.34. The largest absolute Gasteiger partial charge is 0.316 e. The average Bonchev–Trinajstić information content (AvgIpc) is 2.29. The van der Waals surface area contributed by atoms with Gasteiger partial charge in [0.2, 0.25) is 0 Å². The third-order valence-corrected chi connectivity index (χ3v) is 4.28. The maximum atomic E-state index is 13.2. The second-order valence-corrected chi connectivity index (χ2v) is 5.79. The summed E-state index contributed by atoms with van der Waals surface area (Å²) < 4.78 is 14.2. The first kappa shape index (κ1) is 14.7. The molecule has 0 aromatic heterocycles. The Hall–Kier alpha value is -0.410. The normalized spacial score (nSPS) is 15.0. The SMILES string of the molecule is CNC(Cc1cc(F)ccc1Br)C(C)C(C)C. The number of hydrogen-bond donors (Lipinski definition) is 1. The van der Waals surface area contributed by atoms with Crippen molar-refractivity contribution >= 4 is 15.9 Å². The van der Waals surface area contributed by atoms with Gasteiger partial charge in [-0.2, -0.15) is 0 Å². The number of likely N-dealkylation sites (N-methyl/N-ethyl adjacent to an activating group) is 1. The molecule has 17 heavy (non-hydrogen) atoms. The third-order valence-electron chi connectivity index (χ3n) is 3.50. The summed E-state index contributed by atoms with van der Waals surface area (Å²) in [4.78, 5) is 0. The average molecular weight is 302 g/mol. The molecule has 0 bridgehead atoms. The van der Waals surface area contributed by atoms with Crippen LogP contribution in [-0.2, 0) is 6.42 Å². The van der Waals surface area contributed by atoms with Gasteiger partial charge in [-0.3, -0.25) is 0 Å². The number of hydrogen-bond acceptors (Lipinski definition) is 1.